The van der Waals surface area contributed by atoms with E-state index in [2.05, 4.69) is 22.2 Å². The molecule has 1 N–H and O–H groups in total. The number of amides is 1. The van der Waals surface area contributed by atoms with E-state index in [1.54, 1.807) is 0 Å². The Labute approximate surface area is 111 Å². The van der Waals surface area contributed by atoms with Crippen LogP contribution in [-0.2, 0) is 4.79 Å². The van der Waals surface area contributed by atoms with Gasteiger partial charge in [-0.2, -0.15) is 0 Å². The first-order valence-corrected chi connectivity index (χ1v) is 7.41. The van der Waals surface area contributed by atoms with E-state index in [4.69, 9.17) is 0 Å². The summed E-state index contributed by atoms with van der Waals surface area (Å²) in [6.45, 7) is 5.68. The van der Waals surface area contributed by atoms with Gasteiger partial charge in [-0.25, -0.2) is 0 Å². The molecule has 0 atom stereocenters. The maximum atomic E-state index is 11.9. The topological polar surface area (TPSA) is 35.6 Å². The van der Waals surface area contributed by atoms with E-state index < -0.39 is 0 Å². The quantitative estimate of drug-likeness (QED) is 0.809. The van der Waals surface area contributed by atoms with Gasteiger partial charge in [-0.15, -0.1) is 0 Å². The number of nitrogens with zero attached hydrogens (tertiary/aromatic N) is 2. The van der Waals surface area contributed by atoms with Crippen LogP contribution in [0.2, 0.25) is 0 Å². The predicted molar refractivity (Wildman–Crippen MR) is 73.5 cm³/mol. The predicted octanol–water partition coefficient (Wildman–Crippen LogP) is 0.930. The van der Waals surface area contributed by atoms with Crippen molar-refractivity contribution in [1.82, 2.24) is 15.1 Å². The zero-order valence-electron chi connectivity index (χ0n) is 11.7. The molecule has 2 rings (SSSR count). The van der Waals surface area contributed by atoms with Crippen LogP contribution in [0.4, 0.5) is 0 Å². The molecular formula is C14H27N3O. The van der Waals surface area contributed by atoms with Gasteiger partial charge in [0.2, 0.25) is 5.91 Å². The Morgan fingerprint density at radius 3 is 2.44 bits per heavy atom. The van der Waals surface area contributed by atoms with E-state index in [1.165, 1.54) is 32.1 Å². The lowest BCUT2D eigenvalue weighted by Crippen LogP contribution is -2.48. The zero-order valence-corrected chi connectivity index (χ0v) is 11.7. The summed E-state index contributed by atoms with van der Waals surface area (Å²) in [4.78, 5) is 16.4. The highest BCUT2D eigenvalue weighted by Gasteiger charge is 2.18. The molecule has 4 nitrogen and oxygen atoms in total. The molecule has 1 aliphatic carbocycles. The first-order chi connectivity index (χ1) is 8.74. The van der Waals surface area contributed by atoms with Crippen molar-refractivity contribution in [2.24, 2.45) is 5.92 Å². The van der Waals surface area contributed by atoms with Crippen LogP contribution in [-0.4, -0.2) is 62.0 Å². The Balaban J connectivity index is 1.59. The van der Waals surface area contributed by atoms with Crippen molar-refractivity contribution >= 4 is 5.91 Å². The molecule has 1 aliphatic heterocycles. The largest absolute Gasteiger partial charge is 0.355 e. The molecule has 1 saturated carbocycles. The summed E-state index contributed by atoms with van der Waals surface area (Å²) in [5, 5.41) is 3.12. The van der Waals surface area contributed by atoms with Crippen molar-refractivity contribution < 1.29 is 4.79 Å². The van der Waals surface area contributed by atoms with Crippen LogP contribution >= 0.6 is 0 Å². The lowest BCUT2D eigenvalue weighted by atomic mass is 9.89. The lowest BCUT2D eigenvalue weighted by molar-refractivity contribution is -0.122. The Kier molecular flexibility index (Phi) is 5.45. The van der Waals surface area contributed by atoms with Crippen LogP contribution in [0.15, 0.2) is 0 Å². The van der Waals surface area contributed by atoms with Crippen molar-refractivity contribution in [3.05, 3.63) is 0 Å². The summed E-state index contributed by atoms with van der Waals surface area (Å²) in [5.41, 5.74) is 0. The van der Waals surface area contributed by atoms with E-state index in [1.807, 2.05) is 0 Å². The van der Waals surface area contributed by atoms with Crippen LogP contribution in [0.1, 0.15) is 32.1 Å². The highest BCUT2D eigenvalue weighted by Crippen LogP contribution is 2.22. The molecule has 0 aromatic heterocycles. The molecule has 2 aliphatic rings. The van der Waals surface area contributed by atoms with E-state index in [0.717, 1.165) is 38.6 Å². The van der Waals surface area contributed by atoms with Crippen LogP contribution < -0.4 is 5.32 Å². The molecule has 18 heavy (non-hydrogen) atoms. The molecule has 0 aromatic rings. The number of likely N-dealkylation sites (N-methyl/N-ethyl adjacent to an activating group) is 1. The molecule has 104 valence electrons. The van der Waals surface area contributed by atoms with Gasteiger partial charge in [0.05, 0.1) is 6.54 Å². The minimum absolute atomic E-state index is 0.213. The van der Waals surface area contributed by atoms with Gasteiger partial charge in [0.25, 0.3) is 0 Å². The van der Waals surface area contributed by atoms with Gasteiger partial charge >= 0.3 is 0 Å². The monoisotopic (exact) mass is 253 g/mol. The number of carbonyl (C=O) groups is 1. The van der Waals surface area contributed by atoms with Crippen LogP contribution in [0.5, 0.6) is 0 Å². The van der Waals surface area contributed by atoms with E-state index in [0.29, 0.717) is 6.54 Å². The summed E-state index contributed by atoms with van der Waals surface area (Å²) >= 11 is 0. The summed E-state index contributed by atoms with van der Waals surface area (Å²) < 4.78 is 0. The van der Waals surface area contributed by atoms with Crippen LogP contribution in [0, 0.1) is 5.92 Å². The Morgan fingerprint density at radius 2 is 1.78 bits per heavy atom. The third-order valence-electron chi connectivity index (χ3n) is 4.28. The molecule has 1 amide bonds. The van der Waals surface area contributed by atoms with Gasteiger partial charge in [0.1, 0.15) is 0 Å². The second-order valence-electron chi connectivity index (χ2n) is 5.89. The highest BCUT2D eigenvalue weighted by atomic mass is 16.2. The minimum atomic E-state index is 0.213. The fraction of sp³-hybridized carbons (Fsp3) is 0.929. The zero-order chi connectivity index (χ0) is 12.8. The number of hydrogen-bond donors (Lipinski definition) is 1. The Bertz CT molecular complexity index is 256. The molecule has 4 heteroatoms. The molecule has 0 radical (unpaired) electrons. The maximum Gasteiger partial charge on any atom is 0.234 e. The average molecular weight is 253 g/mol. The first-order valence-electron chi connectivity index (χ1n) is 7.41. The van der Waals surface area contributed by atoms with Crippen LogP contribution in [0.25, 0.3) is 0 Å². The van der Waals surface area contributed by atoms with E-state index in [9.17, 15) is 4.79 Å². The van der Waals surface area contributed by atoms with Crippen molar-refractivity contribution in [2.75, 3.05) is 46.3 Å². The van der Waals surface area contributed by atoms with Gasteiger partial charge in [0.15, 0.2) is 0 Å². The van der Waals surface area contributed by atoms with Crippen molar-refractivity contribution in [1.29, 1.82) is 0 Å². The van der Waals surface area contributed by atoms with Gasteiger partial charge in [0, 0.05) is 32.7 Å². The number of piperazine rings is 1. The second-order valence-corrected chi connectivity index (χ2v) is 5.89. The van der Waals surface area contributed by atoms with Crippen LogP contribution in [0.3, 0.4) is 0 Å². The number of nitrogens with one attached hydrogen (secondary N) is 1. The first kappa shape index (κ1) is 13.8. The summed E-state index contributed by atoms with van der Waals surface area (Å²) in [5.74, 6) is 0.945. The lowest BCUT2D eigenvalue weighted by Gasteiger charge is -2.32. The van der Waals surface area contributed by atoms with E-state index >= 15 is 0 Å². The molecular weight excluding hydrogens is 226 g/mol. The fourth-order valence-corrected chi connectivity index (χ4v) is 2.91. The summed E-state index contributed by atoms with van der Waals surface area (Å²) in [7, 11) is 2.14. The van der Waals surface area contributed by atoms with Crippen molar-refractivity contribution in [3.8, 4) is 0 Å². The minimum Gasteiger partial charge on any atom is -0.355 e. The normalized spacial score (nSPS) is 24.1. The number of carbonyl (C=O) groups excluding carboxylic acids is 1. The second kappa shape index (κ2) is 7.10. The SMILES string of the molecule is CN1CCN(CC(=O)NCC2CCCCC2)CC1. The van der Waals surface area contributed by atoms with Gasteiger partial charge in [-0.3, -0.25) is 9.69 Å². The molecule has 2 fully saturated rings. The summed E-state index contributed by atoms with van der Waals surface area (Å²) in [6.07, 6.45) is 6.67. The van der Waals surface area contributed by atoms with Gasteiger partial charge in [-0.1, -0.05) is 19.3 Å². The standard InChI is InChI=1S/C14H27N3O/c1-16-7-9-17(10-8-16)12-14(18)15-11-13-5-3-2-4-6-13/h13H,2-12H2,1H3,(H,15,18). The molecule has 0 aromatic carbocycles. The number of hydrogen-bond acceptors (Lipinski definition) is 3. The third-order valence-corrected chi connectivity index (χ3v) is 4.28. The van der Waals surface area contributed by atoms with Crippen molar-refractivity contribution in [2.45, 2.75) is 32.1 Å². The average Bonchev–Trinajstić information content (AvgIpc) is 2.40. The Hall–Kier alpha value is -0.610. The fourth-order valence-electron chi connectivity index (χ4n) is 2.91. The van der Waals surface area contributed by atoms with Crippen molar-refractivity contribution in [3.63, 3.8) is 0 Å². The molecule has 0 bridgehead atoms. The van der Waals surface area contributed by atoms with Gasteiger partial charge in [-0.05, 0) is 25.8 Å². The highest BCUT2D eigenvalue weighted by molar-refractivity contribution is 5.78. The third kappa shape index (κ3) is 4.58. The summed E-state index contributed by atoms with van der Waals surface area (Å²) in [6, 6.07) is 0. The molecule has 1 saturated heterocycles. The maximum absolute atomic E-state index is 11.9. The molecule has 0 unspecified atom stereocenters. The van der Waals surface area contributed by atoms with Gasteiger partial charge < -0.3 is 10.2 Å². The van der Waals surface area contributed by atoms with E-state index in [-0.39, 0.29) is 5.91 Å². The molecule has 1 heterocycles. The smallest absolute Gasteiger partial charge is 0.234 e. The Morgan fingerprint density at radius 1 is 1.11 bits per heavy atom. The molecule has 0 spiro atoms. The number of rotatable bonds is 4.